The monoisotopic (exact) mass is 254 g/mol. The van der Waals surface area contributed by atoms with E-state index in [4.69, 9.17) is 0 Å². The van der Waals surface area contributed by atoms with E-state index < -0.39 is 0 Å². The molecule has 1 heteroatoms. The summed E-state index contributed by atoms with van der Waals surface area (Å²) in [6.45, 7) is 6.46. The van der Waals surface area contributed by atoms with Gasteiger partial charge in [0, 0.05) is 0 Å². The van der Waals surface area contributed by atoms with Crippen LogP contribution in [-0.4, -0.2) is 5.11 Å². The molecule has 1 nitrogen and oxygen atoms in total. The van der Waals surface area contributed by atoms with E-state index >= 15 is 0 Å². The molecule has 0 saturated heterocycles. The van der Waals surface area contributed by atoms with E-state index in [2.05, 4.69) is 45.0 Å². The summed E-state index contributed by atoms with van der Waals surface area (Å²) in [4.78, 5) is 0. The van der Waals surface area contributed by atoms with Crippen LogP contribution in [0.4, 0.5) is 0 Å². The molecule has 0 amide bonds. The van der Waals surface area contributed by atoms with E-state index in [9.17, 15) is 5.11 Å². The van der Waals surface area contributed by atoms with E-state index in [1.807, 2.05) is 12.1 Å². The van der Waals surface area contributed by atoms with E-state index in [0.717, 1.165) is 24.8 Å². The first kappa shape index (κ1) is 13.7. The lowest BCUT2D eigenvalue weighted by atomic mass is 9.90. The van der Waals surface area contributed by atoms with Crippen molar-refractivity contribution in [1.82, 2.24) is 0 Å². The van der Waals surface area contributed by atoms with Crippen molar-refractivity contribution in [3.05, 3.63) is 53.1 Å². The second kappa shape index (κ2) is 5.92. The largest absolute Gasteiger partial charge is 0.508 e. The Hall–Kier alpha value is -1.76. The summed E-state index contributed by atoms with van der Waals surface area (Å²) in [6, 6.07) is 12.5. The van der Waals surface area contributed by atoms with Crippen LogP contribution in [0, 0.1) is 0 Å². The average molecular weight is 254 g/mol. The van der Waals surface area contributed by atoms with Crippen molar-refractivity contribution in [3.63, 3.8) is 0 Å². The summed E-state index contributed by atoms with van der Waals surface area (Å²) in [5.74, 6) is 0.401. The Labute approximate surface area is 115 Å². The molecule has 0 aliphatic heterocycles. The van der Waals surface area contributed by atoms with Gasteiger partial charge >= 0.3 is 0 Å². The minimum Gasteiger partial charge on any atom is -0.508 e. The maximum atomic E-state index is 9.83. The van der Waals surface area contributed by atoms with Gasteiger partial charge in [0.25, 0.3) is 0 Å². The van der Waals surface area contributed by atoms with Crippen LogP contribution in [0.15, 0.2) is 36.4 Å². The quantitative estimate of drug-likeness (QED) is 0.835. The lowest BCUT2D eigenvalue weighted by Crippen LogP contribution is -1.95. The number of aromatic hydroxyl groups is 1. The molecule has 0 spiro atoms. The van der Waals surface area contributed by atoms with Crippen LogP contribution in [0.2, 0.25) is 0 Å². The molecule has 0 radical (unpaired) electrons. The molecule has 100 valence electrons. The first-order valence-electron chi connectivity index (χ1n) is 7.14. The third-order valence-corrected chi connectivity index (χ3v) is 3.75. The van der Waals surface area contributed by atoms with Crippen molar-refractivity contribution in [2.75, 3.05) is 0 Å². The van der Waals surface area contributed by atoms with Gasteiger partial charge in [-0.3, -0.25) is 0 Å². The molecule has 0 unspecified atom stereocenters. The van der Waals surface area contributed by atoms with Gasteiger partial charge in [-0.2, -0.15) is 0 Å². The molecule has 2 aromatic carbocycles. The highest BCUT2D eigenvalue weighted by Crippen LogP contribution is 2.32. The van der Waals surface area contributed by atoms with Crippen molar-refractivity contribution in [2.24, 2.45) is 0 Å². The Balaban J connectivity index is 2.63. The number of benzene rings is 2. The fourth-order valence-electron chi connectivity index (χ4n) is 2.64. The molecule has 0 heterocycles. The fraction of sp³-hybridized carbons (Fsp3) is 0.333. The second-order valence-electron chi connectivity index (χ2n) is 4.86. The second-order valence-corrected chi connectivity index (χ2v) is 4.86. The summed E-state index contributed by atoms with van der Waals surface area (Å²) >= 11 is 0. The summed E-state index contributed by atoms with van der Waals surface area (Å²) in [7, 11) is 0. The normalized spacial score (nSPS) is 10.7. The van der Waals surface area contributed by atoms with Gasteiger partial charge in [0.2, 0.25) is 0 Å². The highest BCUT2D eigenvalue weighted by atomic mass is 16.3. The Bertz CT molecular complexity index is 548. The topological polar surface area (TPSA) is 20.2 Å². The highest BCUT2D eigenvalue weighted by Gasteiger charge is 2.10. The molecule has 0 atom stereocenters. The van der Waals surface area contributed by atoms with Gasteiger partial charge in [0.1, 0.15) is 5.75 Å². The predicted octanol–water partition coefficient (Wildman–Crippen LogP) is 4.75. The van der Waals surface area contributed by atoms with Crippen LogP contribution in [-0.2, 0) is 19.3 Å². The minimum atomic E-state index is 0.401. The van der Waals surface area contributed by atoms with E-state index in [1.54, 1.807) is 0 Å². The van der Waals surface area contributed by atoms with Crippen molar-refractivity contribution in [3.8, 4) is 16.9 Å². The molecule has 19 heavy (non-hydrogen) atoms. The molecular formula is C18H22O. The van der Waals surface area contributed by atoms with Gasteiger partial charge in [0.05, 0.1) is 0 Å². The molecule has 0 bridgehead atoms. The van der Waals surface area contributed by atoms with Gasteiger partial charge in [-0.05, 0) is 59.2 Å². The van der Waals surface area contributed by atoms with Gasteiger partial charge in [-0.25, -0.2) is 0 Å². The van der Waals surface area contributed by atoms with E-state index in [0.29, 0.717) is 5.75 Å². The van der Waals surface area contributed by atoms with Gasteiger partial charge in [0.15, 0.2) is 0 Å². The average Bonchev–Trinajstić information content (AvgIpc) is 2.47. The highest BCUT2D eigenvalue weighted by molar-refractivity contribution is 5.72. The van der Waals surface area contributed by atoms with Crippen molar-refractivity contribution in [2.45, 2.75) is 40.0 Å². The van der Waals surface area contributed by atoms with Crippen molar-refractivity contribution < 1.29 is 5.11 Å². The summed E-state index contributed by atoms with van der Waals surface area (Å²) in [5, 5.41) is 9.83. The van der Waals surface area contributed by atoms with Crippen molar-refractivity contribution in [1.29, 1.82) is 0 Å². The molecule has 0 fully saturated rings. The number of hydrogen-bond acceptors (Lipinski definition) is 1. The summed E-state index contributed by atoms with van der Waals surface area (Å²) in [5.41, 5.74) is 6.36. The maximum absolute atomic E-state index is 9.83. The lowest BCUT2D eigenvalue weighted by Gasteiger charge is -2.15. The first-order valence-corrected chi connectivity index (χ1v) is 7.14. The fourth-order valence-corrected chi connectivity index (χ4v) is 2.64. The zero-order valence-electron chi connectivity index (χ0n) is 12.0. The number of phenols is 1. The molecule has 2 rings (SSSR count). The number of phenolic OH excluding ortho intramolecular Hbond substituents is 1. The van der Waals surface area contributed by atoms with Gasteiger partial charge in [-0.1, -0.05) is 45.0 Å². The van der Waals surface area contributed by atoms with Crippen LogP contribution in [0.5, 0.6) is 5.75 Å². The van der Waals surface area contributed by atoms with Gasteiger partial charge in [-0.15, -0.1) is 0 Å². The Morgan fingerprint density at radius 3 is 1.89 bits per heavy atom. The summed E-state index contributed by atoms with van der Waals surface area (Å²) in [6.07, 6.45) is 2.92. The Kier molecular flexibility index (Phi) is 4.26. The Morgan fingerprint density at radius 1 is 0.789 bits per heavy atom. The molecule has 0 aliphatic rings. The van der Waals surface area contributed by atoms with Crippen LogP contribution < -0.4 is 0 Å². The first-order chi connectivity index (χ1) is 9.21. The standard InChI is InChI=1S/C18H22O/c1-4-13-8-7-9-14(5-2)18(13)16-10-11-17(19)15(6-3)12-16/h7-12,19H,4-6H2,1-3H3. The number of rotatable bonds is 4. The van der Waals surface area contributed by atoms with Crippen LogP contribution >= 0.6 is 0 Å². The molecule has 1 N–H and O–H groups in total. The molecule has 0 aromatic heterocycles. The maximum Gasteiger partial charge on any atom is 0.118 e. The molecule has 0 aliphatic carbocycles. The van der Waals surface area contributed by atoms with Crippen LogP contribution in [0.3, 0.4) is 0 Å². The zero-order chi connectivity index (χ0) is 13.8. The number of aryl methyl sites for hydroxylation is 3. The zero-order valence-corrected chi connectivity index (χ0v) is 12.0. The smallest absolute Gasteiger partial charge is 0.118 e. The molecule has 0 saturated carbocycles. The van der Waals surface area contributed by atoms with E-state index in [1.165, 1.54) is 22.3 Å². The van der Waals surface area contributed by atoms with E-state index in [-0.39, 0.29) is 0 Å². The number of hydrogen-bond donors (Lipinski definition) is 1. The molecular weight excluding hydrogens is 232 g/mol. The summed E-state index contributed by atoms with van der Waals surface area (Å²) < 4.78 is 0. The SMILES string of the molecule is CCc1cc(-c2c(CC)cccc2CC)ccc1O. The van der Waals surface area contributed by atoms with Gasteiger partial charge < -0.3 is 5.11 Å². The van der Waals surface area contributed by atoms with Crippen molar-refractivity contribution >= 4 is 0 Å². The lowest BCUT2D eigenvalue weighted by molar-refractivity contribution is 0.469. The Morgan fingerprint density at radius 2 is 1.37 bits per heavy atom. The molecule has 2 aromatic rings. The minimum absolute atomic E-state index is 0.401. The predicted molar refractivity (Wildman–Crippen MR) is 81.7 cm³/mol. The van der Waals surface area contributed by atoms with Crippen LogP contribution in [0.25, 0.3) is 11.1 Å². The third kappa shape index (κ3) is 2.65. The third-order valence-electron chi connectivity index (χ3n) is 3.75. The van der Waals surface area contributed by atoms with Crippen LogP contribution in [0.1, 0.15) is 37.5 Å².